The number of amides is 1. The Morgan fingerprint density at radius 1 is 1.12 bits per heavy atom. The highest BCUT2D eigenvalue weighted by atomic mass is 19.3. The maximum absolute atomic E-state index is 14.3. The zero-order valence-corrected chi connectivity index (χ0v) is 16.9. The Hall–Kier alpha value is -4.01. The van der Waals surface area contributed by atoms with Gasteiger partial charge >= 0.3 is 6.61 Å². The molecular weight excluding hydrogens is 425 g/mol. The van der Waals surface area contributed by atoms with Crippen LogP contribution in [0.25, 0.3) is 6.08 Å². The lowest BCUT2D eigenvalue weighted by Gasteiger charge is -2.10. The second-order valence-corrected chi connectivity index (χ2v) is 6.40. The minimum atomic E-state index is -2.98. The van der Waals surface area contributed by atoms with Crippen molar-refractivity contribution in [3.8, 4) is 23.0 Å². The Balaban J connectivity index is 1.56. The molecule has 0 saturated carbocycles. The highest BCUT2D eigenvalue weighted by Crippen LogP contribution is 2.30. The van der Waals surface area contributed by atoms with Crippen LogP contribution in [0, 0.1) is 5.82 Å². The van der Waals surface area contributed by atoms with Crippen molar-refractivity contribution in [2.24, 2.45) is 0 Å². The van der Waals surface area contributed by atoms with Gasteiger partial charge in [0.1, 0.15) is 5.75 Å². The van der Waals surface area contributed by atoms with E-state index in [0.29, 0.717) is 16.9 Å². The Bertz CT molecular complexity index is 1090. The molecule has 9 heteroatoms. The van der Waals surface area contributed by atoms with Crippen molar-refractivity contribution in [2.75, 3.05) is 7.11 Å². The summed E-state index contributed by atoms with van der Waals surface area (Å²) < 4.78 is 53.8. The fraction of sp³-hybridized carbons (Fsp3) is 0.130. The average molecular weight is 444 g/mol. The van der Waals surface area contributed by atoms with Crippen LogP contribution in [0.3, 0.4) is 0 Å². The molecule has 0 aliphatic heterocycles. The van der Waals surface area contributed by atoms with Crippen molar-refractivity contribution in [3.05, 3.63) is 83.9 Å². The molecule has 0 fully saturated rings. The molecular formula is C23H19F3N2O4. The van der Waals surface area contributed by atoms with Crippen LogP contribution in [-0.2, 0) is 11.3 Å². The molecule has 1 heterocycles. The van der Waals surface area contributed by atoms with Gasteiger partial charge in [-0.1, -0.05) is 12.1 Å². The van der Waals surface area contributed by atoms with E-state index in [1.54, 1.807) is 24.4 Å². The summed E-state index contributed by atoms with van der Waals surface area (Å²) in [5.74, 6) is -0.550. The van der Waals surface area contributed by atoms with E-state index in [1.807, 2.05) is 0 Å². The third-order valence-electron chi connectivity index (χ3n) is 4.16. The molecule has 3 rings (SSSR count). The highest BCUT2D eigenvalue weighted by Gasteiger charge is 2.11. The van der Waals surface area contributed by atoms with Gasteiger partial charge in [0.2, 0.25) is 5.91 Å². The van der Waals surface area contributed by atoms with Gasteiger partial charge in [0.25, 0.3) is 0 Å². The fourth-order valence-corrected chi connectivity index (χ4v) is 2.67. The number of hydrogen-bond acceptors (Lipinski definition) is 5. The molecule has 0 saturated heterocycles. The molecule has 0 spiro atoms. The maximum atomic E-state index is 14.3. The SMILES string of the molecule is COc1cc(/C=C/C(=O)NCc2ccc(Oc3cccnc3)c(F)c2)ccc1OC(F)F. The standard InChI is InChI=1S/C23H19F3N2O4/c1-30-21-12-15(4-8-20(21)32-23(25)26)6-9-22(29)28-13-16-5-7-19(18(24)11-16)31-17-3-2-10-27-14-17/h2-12,14,23H,13H2,1H3,(H,28,29)/b9-6+. The number of carbonyl (C=O) groups excluding carboxylic acids is 1. The van der Waals surface area contributed by atoms with Gasteiger partial charge in [-0.25, -0.2) is 4.39 Å². The first kappa shape index (κ1) is 22.7. The lowest BCUT2D eigenvalue weighted by Crippen LogP contribution is -2.20. The van der Waals surface area contributed by atoms with E-state index in [9.17, 15) is 18.0 Å². The predicted molar refractivity (Wildman–Crippen MR) is 111 cm³/mol. The number of benzene rings is 2. The summed E-state index contributed by atoms with van der Waals surface area (Å²) in [5, 5.41) is 2.63. The summed E-state index contributed by atoms with van der Waals surface area (Å²) in [6, 6.07) is 12.0. The van der Waals surface area contributed by atoms with E-state index < -0.39 is 18.3 Å². The molecule has 0 aliphatic carbocycles. The van der Waals surface area contributed by atoms with Crippen LogP contribution < -0.4 is 19.5 Å². The zero-order chi connectivity index (χ0) is 22.9. The van der Waals surface area contributed by atoms with Gasteiger partial charge < -0.3 is 19.5 Å². The van der Waals surface area contributed by atoms with E-state index >= 15 is 0 Å². The van der Waals surface area contributed by atoms with Crippen LogP contribution in [0.4, 0.5) is 13.2 Å². The summed E-state index contributed by atoms with van der Waals surface area (Å²) in [5.41, 5.74) is 1.08. The number of alkyl halides is 2. The average Bonchev–Trinajstić information content (AvgIpc) is 2.79. The van der Waals surface area contributed by atoms with Crippen LogP contribution >= 0.6 is 0 Å². The van der Waals surface area contributed by atoms with Crippen molar-refractivity contribution >= 4 is 12.0 Å². The van der Waals surface area contributed by atoms with Crippen LogP contribution in [0.5, 0.6) is 23.0 Å². The molecule has 1 aromatic heterocycles. The molecule has 2 aromatic carbocycles. The fourth-order valence-electron chi connectivity index (χ4n) is 2.67. The van der Waals surface area contributed by atoms with Gasteiger partial charge in [0.15, 0.2) is 23.1 Å². The van der Waals surface area contributed by atoms with Gasteiger partial charge in [-0.05, 0) is 53.6 Å². The number of nitrogens with zero attached hydrogens (tertiary/aromatic N) is 1. The van der Waals surface area contributed by atoms with Crippen molar-refractivity contribution in [1.29, 1.82) is 0 Å². The molecule has 1 amide bonds. The summed E-state index contributed by atoms with van der Waals surface area (Å²) >= 11 is 0. The lowest BCUT2D eigenvalue weighted by molar-refractivity contribution is -0.116. The van der Waals surface area contributed by atoms with Crippen LogP contribution in [0.1, 0.15) is 11.1 Å². The maximum Gasteiger partial charge on any atom is 0.387 e. The van der Waals surface area contributed by atoms with Crippen molar-refractivity contribution in [2.45, 2.75) is 13.2 Å². The number of halogens is 3. The van der Waals surface area contributed by atoms with Gasteiger partial charge in [-0.15, -0.1) is 0 Å². The molecule has 32 heavy (non-hydrogen) atoms. The number of methoxy groups -OCH3 is 1. The Labute approximate surface area is 182 Å². The largest absolute Gasteiger partial charge is 0.493 e. The number of pyridine rings is 1. The second kappa shape index (κ2) is 10.9. The molecule has 0 unspecified atom stereocenters. The Morgan fingerprint density at radius 3 is 2.62 bits per heavy atom. The topological polar surface area (TPSA) is 69.7 Å². The molecule has 0 aliphatic rings. The lowest BCUT2D eigenvalue weighted by atomic mass is 10.2. The summed E-state index contributed by atoms with van der Waals surface area (Å²) in [6.45, 7) is -2.88. The first-order chi connectivity index (χ1) is 15.4. The molecule has 3 aromatic rings. The summed E-state index contributed by atoms with van der Waals surface area (Å²) in [4.78, 5) is 16.0. The highest BCUT2D eigenvalue weighted by molar-refractivity contribution is 5.91. The van der Waals surface area contributed by atoms with Crippen LogP contribution in [0.2, 0.25) is 0 Å². The van der Waals surface area contributed by atoms with Gasteiger partial charge in [-0.3, -0.25) is 9.78 Å². The Morgan fingerprint density at radius 2 is 1.94 bits per heavy atom. The zero-order valence-electron chi connectivity index (χ0n) is 16.9. The van der Waals surface area contributed by atoms with E-state index in [4.69, 9.17) is 9.47 Å². The minimum Gasteiger partial charge on any atom is -0.493 e. The molecule has 0 atom stereocenters. The number of rotatable bonds is 9. The van der Waals surface area contributed by atoms with Crippen molar-refractivity contribution in [3.63, 3.8) is 0 Å². The predicted octanol–water partition coefficient (Wildman–Crippen LogP) is 4.95. The molecule has 1 N–H and O–H groups in total. The van der Waals surface area contributed by atoms with Gasteiger partial charge in [0.05, 0.1) is 13.3 Å². The van der Waals surface area contributed by atoms with Gasteiger partial charge in [0, 0.05) is 18.8 Å². The Kier molecular flexibility index (Phi) is 7.69. The van der Waals surface area contributed by atoms with Crippen LogP contribution in [-0.4, -0.2) is 24.6 Å². The number of nitrogens with one attached hydrogen (secondary N) is 1. The summed E-state index contributed by atoms with van der Waals surface area (Å²) in [6.07, 6.45) is 5.79. The monoisotopic (exact) mass is 444 g/mol. The number of hydrogen-bond donors (Lipinski definition) is 1. The van der Waals surface area contributed by atoms with Crippen LogP contribution in [0.15, 0.2) is 67.0 Å². The van der Waals surface area contributed by atoms with Gasteiger partial charge in [-0.2, -0.15) is 8.78 Å². The minimum absolute atomic E-state index is 0.0428. The molecule has 6 nitrogen and oxygen atoms in total. The third kappa shape index (κ3) is 6.49. The molecule has 166 valence electrons. The van der Waals surface area contributed by atoms with E-state index in [1.165, 1.54) is 55.8 Å². The smallest absolute Gasteiger partial charge is 0.387 e. The van der Waals surface area contributed by atoms with E-state index in [2.05, 4.69) is 15.0 Å². The second-order valence-electron chi connectivity index (χ2n) is 6.40. The number of carbonyl (C=O) groups is 1. The van der Waals surface area contributed by atoms with Crippen molar-refractivity contribution in [1.82, 2.24) is 10.3 Å². The first-order valence-corrected chi connectivity index (χ1v) is 9.39. The number of aromatic nitrogens is 1. The number of ether oxygens (including phenoxy) is 3. The van der Waals surface area contributed by atoms with Crippen molar-refractivity contribution < 1.29 is 32.2 Å². The molecule has 0 bridgehead atoms. The summed E-state index contributed by atoms with van der Waals surface area (Å²) in [7, 11) is 1.32. The van der Waals surface area contributed by atoms with E-state index in [-0.39, 0.29) is 23.8 Å². The van der Waals surface area contributed by atoms with E-state index in [0.717, 1.165) is 0 Å². The first-order valence-electron chi connectivity index (χ1n) is 9.39. The molecule has 0 radical (unpaired) electrons. The normalized spacial score (nSPS) is 10.9. The third-order valence-corrected chi connectivity index (χ3v) is 4.16. The quantitative estimate of drug-likeness (QED) is 0.473.